The normalized spacial score (nSPS) is 10.0. The van der Waals surface area contributed by atoms with Crippen LogP contribution in [-0.2, 0) is 6.54 Å². The van der Waals surface area contributed by atoms with E-state index in [1.54, 1.807) is 13.8 Å². The second-order valence-electron chi connectivity index (χ2n) is 2.16. The molecule has 1 N–H and O–H groups in total. The Kier molecular flexibility index (Phi) is 1.89. The van der Waals surface area contributed by atoms with Gasteiger partial charge in [-0.25, -0.2) is 9.48 Å². The first kappa shape index (κ1) is 7.71. The molecule has 60 valence electrons. The first-order valence-corrected chi connectivity index (χ1v) is 3.33. The number of aromatic nitrogens is 3. The van der Waals surface area contributed by atoms with Gasteiger partial charge < -0.3 is 0 Å². The number of aromatic amines is 1. The number of aryl methyl sites for hydroxylation is 2. The largest absolute Gasteiger partial charge is 0.344 e. The molecule has 0 fully saturated rings. The van der Waals surface area contributed by atoms with Gasteiger partial charge in [0, 0.05) is 6.54 Å². The fourth-order valence-corrected chi connectivity index (χ4v) is 0.738. The van der Waals surface area contributed by atoms with Gasteiger partial charge in [-0.1, -0.05) is 0 Å². The van der Waals surface area contributed by atoms with E-state index in [4.69, 9.17) is 0 Å². The predicted octanol–water partition coefficient (Wildman–Crippen LogP) is -0.740. The molecule has 0 amide bonds. The summed E-state index contributed by atoms with van der Waals surface area (Å²) in [5.74, 6) is 0. The van der Waals surface area contributed by atoms with E-state index in [1.807, 2.05) is 0 Å². The Bertz CT molecular complexity index is 363. The van der Waals surface area contributed by atoms with Crippen LogP contribution in [0.3, 0.4) is 0 Å². The summed E-state index contributed by atoms with van der Waals surface area (Å²) in [4.78, 5) is 23.8. The molecule has 0 spiro atoms. The molecule has 0 aliphatic rings. The molecule has 0 aliphatic carbocycles. The molecule has 0 radical (unpaired) electrons. The third kappa shape index (κ3) is 1.36. The second-order valence-corrected chi connectivity index (χ2v) is 2.16. The lowest BCUT2D eigenvalue weighted by atomic mass is 10.5. The molecule has 1 aromatic heterocycles. The lowest BCUT2D eigenvalue weighted by Gasteiger charge is -1.98. The third-order valence-corrected chi connectivity index (χ3v) is 1.35. The highest BCUT2D eigenvalue weighted by Crippen LogP contribution is 1.74. The molecule has 0 unspecified atom stereocenters. The van der Waals surface area contributed by atoms with Gasteiger partial charge in [0.05, 0.1) is 0 Å². The first-order chi connectivity index (χ1) is 5.15. The van der Waals surface area contributed by atoms with Crippen molar-refractivity contribution in [2.24, 2.45) is 0 Å². The van der Waals surface area contributed by atoms with Crippen molar-refractivity contribution < 1.29 is 0 Å². The maximum Gasteiger partial charge on any atom is 0.344 e. The highest BCUT2D eigenvalue weighted by molar-refractivity contribution is 4.87. The quantitative estimate of drug-likeness (QED) is 0.580. The Morgan fingerprint density at radius 1 is 1.55 bits per heavy atom. The number of rotatable bonds is 1. The van der Waals surface area contributed by atoms with E-state index in [9.17, 15) is 9.59 Å². The monoisotopic (exact) mass is 155 g/mol. The van der Waals surface area contributed by atoms with E-state index in [-0.39, 0.29) is 0 Å². The minimum Gasteiger partial charge on any atom is -0.271 e. The Morgan fingerprint density at radius 3 is 2.73 bits per heavy atom. The van der Waals surface area contributed by atoms with Crippen LogP contribution in [0.1, 0.15) is 12.6 Å². The summed E-state index contributed by atoms with van der Waals surface area (Å²) < 4.78 is 1.21. The molecule has 1 heterocycles. The van der Waals surface area contributed by atoms with Crippen LogP contribution in [0.2, 0.25) is 0 Å². The van der Waals surface area contributed by atoms with Gasteiger partial charge in [-0.05, 0) is 13.8 Å². The summed E-state index contributed by atoms with van der Waals surface area (Å²) in [7, 11) is 0. The fourth-order valence-electron chi connectivity index (χ4n) is 0.738. The van der Waals surface area contributed by atoms with Gasteiger partial charge in [-0.15, -0.1) is 0 Å². The van der Waals surface area contributed by atoms with Gasteiger partial charge in [-0.2, -0.15) is 5.10 Å². The molecule has 0 saturated carbocycles. The molecule has 1 rings (SSSR count). The average molecular weight is 155 g/mol. The number of nitrogens with zero attached hydrogens (tertiary/aromatic N) is 2. The van der Waals surface area contributed by atoms with Crippen LogP contribution in [0.25, 0.3) is 0 Å². The van der Waals surface area contributed by atoms with Gasteiger partial charge >= 0.3 is 5.69 Å². The minimum absolute atomic E-state index is 0.312. The first-order valence-electron chi connectivity index (χ1n) is 3.33. The van der Waals surface area contributed by atoms with Crippen molar-refractivity contribution in [3.05, 3.63) is 26.5 Å². The van der Waals surface area contributed by atoms with Gasteiger partial charge in [0.25, 0.3) is 5.56 Å². The van der Waals surface area contributed by atoms with Crippen LogP contribution in [0, 0.1) is 6.92 Å². The molecule has 5 heteroatoms. The zero-order valence-corrected chi connectivity index (χ0v) is 6.42. The van der Waals surface area contributed by atoms with E-state index in [2.05, 4.69) is 10.1 Å². The molecule has 11 heavy (non-hydrogen) atoms. The topological polar surface area (TPSA) is 67.8 Å². The SMILES string of the molecule is CCn1nc(C)c(=O)[nH]c1=O. The zero-order valence-electron chi connectivity index (χ0n) is 6.42. The highest BCUT2D eigenvalue weighted by atomic mass is 16.2. The van der Waals surface area contributed by atoms with Crippen LogP contribution >= 0.6 is 0 Å². The van der Waals surface area contributed by atoms with Gasteiger partial charge in [0.15, 0.2) is 0 Å². The van der Waals surface area contributed by atoms with Crippen LogP contribution < -0.4 is 11.2 Å². The minimum atomic E-state index is -0.455. The fraction of sp³-hybridized carbons (Fsp3) is 0.500. The summed E-state index contributed by atoms with van der Waals surface area (Å²) in [6, 6.07) is 0. The van der Waals surface area contributed by atoms with E-state index in [1.165, 1.54) is 4.68 Å². The molecule has 0 aromatic carbocycles. The molecular formula is C6H9N3O2. The summed E-state index contributed by atoms with van der Waals surface area (Å²) >= 11 is 0. The molecule has 0 saturated heterocycles. The van der Waals surface area contributed by atoms with E-state index in [0.29, 0.717) is 12.2 Å². The van der Waals surface area contributed by atoms with E-state index < -0.39 is 11.2 Å². The van der Waals surface area contributed by atoms with Crippen LogP contribution in [0.5, 0.6) is 0 Å². The standard InChI is InChI=1S/C6H9N3O2/c1-3-9-6(11)7-5(10)4(2)8-9/h3H2,1-2H3,(H,7,10,11). The Hall–Kier alpha value is -1.39. The van der Waals surface area contributed by atoms with E-state index >= 15 is 0 Å². The summed E-state index contributed by atoms with van der Waals surface area (Å²) in [5, 5.41) is 3.75. The van der Waals surface area contributed by atoms with Crippen molar-refractivity contribution in [1.82, 2.24) is 14.8 Å². The number of H-pyrrole nitrogens is 1. The smallest absolute Gasteiger partial charge is 0.271 e. The Morgan fingerprint density at radius 2 is 2.18 bits per heavy atom. The maximum atomic E-state index is 10.9. The predicted molar refractivity (Wildman–Crippen MR) is 39.5 cm³/mol. The summed E-state index contributed by atoms with van der Waals surface area (Å²) in [6.45, 7) is 3.81. The number of hydrogen-bond donors (Lipinski definition) is 1. The van der Waals surface area contributed by atoms with Gasteiger partial charge in [-0.3, -0.25) is 9.78 Å². The maximum absolute atomic E-state index is 10.9. The Labute approximate surface area is 62.7 Å². The molecule has 5 nitrogen and oxygen atoms in total. The van der Waals surface area contributed by atoms with Crippen molar-refractivity contribution in [3.63, 3.8) is 0 Å². The molecule has 0 bridgehead atoms. The lowest BCUT2D eigenvalue weighted by molar-refractivity contribution is 0.576. The van der Waals surface area contributed by atoms with Crippen molar-refractivity contribution in [1.29, 1.82) is 0 Å². The van der Waals surface area contributed by atoms with Crippen LogP contribution in [0.15, 0.2) is 9.59 Å². The lowest BCUT2D eigenvalue weighted by Crippen LogP contribution is -2.33. The number of nitrogens with one attached hydrogen (secondary N) is 1. The zero-order chi connectivity index (χ0) is 8.43. The van der Waals surface area contributed by atoms with Gasteiger partial charge in [0.1, 0.15) is 5.69 Å². The van der Waals surface area contributed by atoms with Crippen molar-refractivity contribution in [3.8, 4) is 0 Å². The highest BCUT2D eigenvalue weighted by Gasteiger charge is 1.98. The Balaban J connectivity index is 3.45. The molecule has 0 atom stereocenters. The summed E-state index contributed by atoms with van der Waals surface area (Å²) in [6.07, 6.45) is 0. The number of hydrogen-bond acceptors (Lipinski definition) is 3. The van der Waals surface area contributed by atoms with Crippen molar-refractivity contribution in [2.45, 2.75) is 20.4 Å². The van der Waals surface area contributed by atoms with Crippen LogP contribution in [0.4, 0.5) is 0 Å². The summed E-state index contributed by atoms with van der Waals surface area (Å²) in [5.41, 5.74) is -0.561. The average Bonchev–Trinajstić information content (AvgIpc) is 1.97. The second kappa shape index (κ2) is 2.69. The molecule has 0 aliphatic heterocycles. The molecule has 1 aromatic rings. The molecular weight excluding hydrogens is 146 g/mol. The van der Waals surface area contributed by atoms with Crippen LogP contribution in [-0.4, -0.2) is 14.8 Å². The van der Waals surface area contributed by atoms with Crippen molar-refractivity contribution >= 4 is 0 Å². The van der Waals surface area contributed by atoms with E-state index in [0.717, 1.165) is 0 Å². The third-order valence-electron chi connectivity index (χ3n) is 1.35. The van der Waals surface area contributed by atoms with Gasteiger partial charge in [0.2, 0.25) is 0 Å². The van der Waals surface area contributed by atoms with Crippen molar-refractivity contribution in [2.75, 3.05) is 0 Å².